The van der Waals surface area contributed by atoms with Crippen molar-refractivity contribution in [1.82, 2.24) is 14.5 Å². The molecule has 12 heteroatoms. The van der Waals surface area contributed by atoms with Crippen LogP contribution in [0.4, 0.5) is 22.0 Å². The summed E-state index contributed by atoms with van der Waals surface area (Å²) in [6, 6.07) is 4.35. The summed E-state index contributed by atoms with van der Waals surface area (Å²) in [6.07, 6.45) is 0.465. The van der Waals surface area contributed by atoms with Crippen molar-refractivity contribution in [3.63, 3.8) is 0 Å². The SMILES string of the molecule is CN1[C@@H]2CCC[C@H]1C[C@@H](OC(=O)c1cn(CC(F)F)c3ncccc13)C2.O=C(O)C(F)(F)F. The number of esters is 1. The smallest absolute Gasteiger partial charge is 0.475 e. The van der Waals surface area contributed by atoms with Gasteiger partial charge in [-0.1, -0.05) is 6.42 Å². The van der Waals surface area contributed by atoms with Crippen LogP contribution in [0.3, 0.4) is 0 Å². The number of rotatable bonds is 4. The number of carbonyl (C=O) groups excluding carboxylic acids is 1. The van der Waals surface area contributed by atoms with Crippen molar-refractivity contribution >= 4 is 23.0 Å². The quantitative estimate of drug-likeness (QED) is 0.527. The van der Waals surface area contributed by atoms with Crippen molar-refractivity contribution in [3.8, 4) is 0 Å². The van der Waals surface area contributed by atoms with Crippen LogP contribution in [-0.4, -0.2) is 69.3 Å². The lowest BCUT2D eigenvalue weighted by Crippen LogP contribution is -2.52. The second-order valence-corrected chi connectivity index (χ2v) is 8.17. The minimum absolute atomic E-state index is 0.112. The van der Waals surface area contributed by atoms with E-state index in [4.69, 9.17) is 14.6 Å². The number of hydrogen-bond donors (Lipinski definition) is 1. The molecule has 2 aliphatic rings. The Morgan fingerprint density at radius 3 is 2.39 bits per heavy atom. The predicted molar refractivity (Wildman–Crippen MR) is 107 cm³/mol. The molecular weight excluding hydrogens is 453 g/mol. The molecule has 0 aliphatic carbocycles. The van der Waals surface area contributed by atoms with Crippen molar-refractivity contribution < 1.29 is 41.4 Å². The Balaban J connectivity index is 0.000000383. The number of carbonyl (C=O) groups is 2. The Labute approximate surface area is 186 Å². The van der Waals surface area contributed by atoms with Crippen molar-refractivity contribution in [1.29, 1.82) is 0 Å². The van der Waals surface area contributed by atoms with Gasteiger partial charge in [-0.25, -0.2) is 23.4 Å². The van der Waals surface area contributed by atoms with Crippen LogP contribution in [0, 0.1) is 0 Å². The Bertz CT molecular complexity index is 980. The lowest BCUT2D eigenvalue weighted by molar-refractivity contribution is -0.192. The second-order valence-electron chi connectivity index (χ2n) is 8.17. The molecule has 0 aromatic carbocycles. The highest BCUT2D eigenvalue weighted by atomic mass is 19.4. The number of ether oxygens (including phenoxy) is 1. The number of fused-ring (bicyclic) bond motifs is 3. The van der Waals surface area contributed by atoms with Gasteiger partial charge in [0.2, 0.25) is 0 Å². The molecule has 182 valence electrons. The molecule has 3 atom stereocenters. The first kappa shape index (κ1) is 24.9. The monoisotopic (exact) mass is 477 g/mol. The van der Waals surface area contributed by atoms with Crippen LogP contribution in [0.25, 0.3) is 11.0 Å². The fourth-order valence-corrected chi connectivity index (χ4v) is 4.45. The first-order valence-corrected chi connectivity index (χ1v) is 10.4. The first-order valence-electron chi connectivity index (χ1n) is 10.4. The molecule has 33 heavy (non-hydrogen) atoms. The van der Waals surface area contributed by atoms with Crippen LogP contribution in [0.1, 0.15) is 42.5 Å². The van der Waals surface area contributed by atoms with Crippen molar-refractivity contribution in [2.75, 3.05) is 7.05 Å². The number of pyridine rings is 1. The molecular formula is C21H24F5N3O4. The summed E-state index contributed by atoms with van der Waals surface area (Å²) < 4.78 is 64.5. The van der Waals surface area contributed by atoms with Crippen LogP contribution in [0.5, 0.6) is 0 Å². The van der Waals surface area contributed by atoms with Crippen molar-refractivity contribution in [2.24, 2.45) is 0 Å². The van der Waals surface area contributed by atoms with Gasteiger partial charge in [0.05, 0.1) is 12.1 Å². The third-order valence-corrected chi connectivity index (χ3v) is 6.00. The van der Waals surface area contributed by atoms with E-state index >= 15 is 0 Å². The number of carboxylic acid groups (broad SMARTS) is 1. The van der Waals surface area contributed by atoms with E-state index in [0.29, 0.717) is 28.7 Å². The van der Waals surface area contributed by atoms with E-state index in [2.05, 4.69) is 16.9 Å². The fraction of sp³-hybridized carbons (Fsp3) is 0.571. The average Bonchev–Trinajstić information content (AvgIpc) is 3.07. The van der Waals surface area contributed by atoms with Crippen LogP contribution in [-0.2, 0) is 16.1 Å². The zero-order valence-corrected chi connectivity index (χ0v) is 17.8. The highest BCUT2D eigenvalue weighted by Crippen LogP contribution is 2.34. The highest BCUT2D eigenvalue weighted by Gasteiger charge is 2.39. The maximum atomic E-state index is 12.8. The van der Waals surface area contributed by atoms with E-state index in [1.54, 1.807) is 12.1 Å². The molecule has 2 saturated heterocycles. The summed E-state index contributed by atoms with van der Waals surface area (Å²) in [7, 11) is 2.15. The van der Waals surface area contributed by atoms with E-state index in [1.807, 2.05) is 0 Å². The van der Waals surface area contributed by atoms with E-state index in [1.165, 1.54) is 23.4 Å². The van der Waals surface area contributed by atoms with Gasteiger partial charge in [0, 0.05) is 42.7 Å². The van der Waals surface area contributed by atoms with Gasteiger partial charge in [-0.05, 0) is 32.0 Å². The number of halogens is 5. The lowest BCUT2D eigenvalue weighted by atomic mass is 9.83. The molecule has 2 aromatic heterocycles. The van der Waals surface area contributed by atoms with Crippen molar-refractivity contribution in [3.05, 3.63) is 30.1 Å². The normalized spacial score (nSPS) is 23.2. The zero-order chi connectivity index (χ0) is 24.3. The van der Waals surface area contributed by atoms with E-state index in [-0.39, 0.29) is 6.10 Å². The minimum atomic E-state index is -5.08. The standard InChI is InChI=1S/C19H23F2N3O2.C2HF3O2/c1-23-12-4-2-5-13(23)9-14(8-12)26-19(25)16-10-24(11-17(20)21)18-15(16)6-3-7-22-18;3-2(4,5)1(6)7/h3,6-7,10,12-14,17H,2,4-5,8-9,11H2,1H3;(H,6,7)/t12-,13+,14+;. The molecule has 0 saturated carbocycles. The molecule has 2 bridgehead atoms. The topological polar surface area (TPSA) is 84.7 Å². The number of piperidine rings is 2. The second kappa shape index (κ2) is 10.0. The molecule has 0 radical (unpaired) electrons. The van der Waals surface area contributed by atoms with Gasteiger partial charge < -0.3 is 19.3 Å². The number of hydrogen-bond acceptors (Lipinski definition) is 5. The van der Waals surface area contributed by atoms with Crippen LogP contribution >= 0.6 is 0 Å². The van der Waals surface area contributed by atoms with E-state index in [0.717, 1.165) is 25.7 Å². The van der Waals surface area contributed by atoms with E-state index < -0.39 is 31.1 Å². The molecule has 2 aromatic rings. The van der Waals surface area contributed by atoms with Crippen LogP contribution in [0.2, 0.25) is 0 Å². The number of nitrogens with zero attached hydrogens (tertiary/aromatic N) is 3. The molecule has 2 aliphatic heterocycles. The third-order valence-electron chi connectivity index (χ3n) is 6.00. The summed E-state index contributed by atoms with van der Waals surface area (Å²) in [4.78, 5) is 28.2. The largest absolute Gasteiger partial charge is 0.490 e. The van der Waals surface area contributed by atoms with Gasteiger partial charge in [-0.3, -0.25) is 0 Å². The third kappa shape index (κ3) is 5.98. The van der Waals surface area contributed by atoms with Gasteiger partial charge in [0.15, 0.2) is 0 Å². The number of carboxylic acids is 1. The average molecular weight is 477 g/mol. The highest BCUT2D eigenvalue weighted by molar-refractivity contribution is 6.03. The molecule has 4 heterocycles. The molecule has 0 amide bonds. The summed E-state index contributed by atoms with van der Waals surface area (Å²) >= 11 is 0. The molecule has 0 unspecified atom stereocenters. The Morgan fingerprint density at radius 2 is 1.85 bits per heavy atom. The Morgan fingerprint density at radius 1 is 1.24 bits per heavy atom. The number of aromatic nitrogens is 2. The maximum absolute atomic E-state index is 12.8. The number of aliphatic carboxylic acids is 1. The Hall–Kier alpha value is -2.76. The van der Waals surface area contributed by atoms with Gasteiger partial charge in [-0.15, -0.1) is 0 Å². The van der Waals surface area contributed by atoms with Gasteiger partial charge in [0.25, 0.3) is 6.43 Å². The zero-order valence-electron chi connectivity index (χ0n) is 17.8. The summed E-state index contributed by atoms with van der Waals surface area (Å²) in [5.41, 5.74) is 0.706. The molecule has 2 fully saturated rings. The summed E-state index contributed by atoms with van der Waals surface area (Å²) in [5.74, 6) is -3.20. The van der Waals surface area contributed by atoms with Gasteiger partial charge in [-0.2, -0.15) is 13.2 Å². The lowest BCUT2D eigenvalue weighted by Gasteiger charge is -2.46. The Kier molecular flexibility index (Phi) is 7.55. The van der Waals surface area contributed by atoms with Crippen molar-refractivity contribution in [2.45, 2.75) is 69.4 Å². The van der Waals surface area contributed by atoms with Gasteiger partial charge in [0.1, 0.15) is 11.8 Å². The molecule has 4 rings (SSSR count). The maximum Gasteiger partial charge on any atom is 0.490 e. The van der Waals surface area contributed by atoms with E-state index in [9.17, 15) is 26.7 Å². The molecule has 1 N–H and O–H groups in total. The van der Waals surface area contributed by atoms with Crippen LogP contribution in [0.15, 0.2) is 24.5 Å². The summed E-state index contributed by atoms with van der Waals surface area (Å²) in [6.45, 7) is -0.487. The predicted octanol–water partition coefficient (Wildman–Crippen LogP) is 4.11. The molecule has 0 spiro atoms. The summed E-state index contributed by atoms with van der Waals surface area (Å²) in [5, 5.41) is 7.69. The fourth-order valence-electron chi connectivity index (χ4n) is 4.45. The minimum Gasteiger partial charge on any atom is -0.475 e. The van der Waals surface area contributed by atoms with Gasteiger partial charge >= 0.3 is 18.1 Å². The molecule has 7 nitrogen and oxygen atoms in total. The van der Waals surface area contributed by atoms with Crippen LogP contribution < -0.4 is 0 Å². The number of alkyl halides is 5. The first-order chi connectivity index (χ1) is 15.5.